The van der Waals surface area contributed by atoms with Crippen LogP contribution in [0.4, 0.5) is 0 Å². The summed E-state index contributed by atoms with van der Waals surface area (Å²) in [5.74, 6) is 0.154. The summed E-state index contributed by atoms with van der Waals surface area (Å²) in [4.78, 5) is 0. The maximum Gasteiger partial charge on any atom is 0.0435 e. The van der Waals surface area contributed by atoms with Crippen LogP contribution in [0.1, 0.15) is 14.2 Å². The lowest BCUT2D eigenvalue weighted by atomic mass is 10.4. The topological polar surface area (TPSA) is 0 Å². The molecule has 0 aliphatic heterocycles. The van der Waals surface area contributed by atoms with E-state index in [9.17, 15) is 0 Å². The van der Waals surface area contributed by atoms with Gasteiger partial charge in [0.2, 0.25) is 0 Å². The second-order valence-electron chi connectivity index (χ2n) is 0.986. The Kier molecular flexibility index (Phi) is 4.40. The summed E-state index contributed by atoms with van der Waals surface area (Å²) >= 11 is 10.6. The molecule has 0 aromatic heterocycles. The van der Waals surface area contributed by atoms with Gasteiger partial charge in [-0.1, -0.05) is 0 Å². The fourth-order valence-corrected chi connectivity index (χ4v) is 0.463. The van der Waals surface area contributed by atoms with Crippen molar-refractivity contribution in [1.29, 1.82) is 0 Å². The van der Waals surface area contributed by atoms with Crippen LogP contribution in [0.15, 0.2) is 0 Å². The molecule has 0 rings (SSSR count). The zero-order valence-electron chi connectivity index (χ0n) is 4.45. The Morgan fingerprint density at radius 3 is 2.17 bits per heavy atom. The highest BCUT2D eigenvalue weighted by Crippen LogP contribution is 1.92. The van der Waals surface area contributed by atoms with Gasteiger partial charge < -0.3 is 0 Å². The molecule has 0 aromatic rings. The lowest BCUT2D eigenvalue weighted by Gasteiger charge is -1.83. The van der Waals surface area contributed by atoms with Crippen molar-refractivity contribution in [3.63, 3.8) is 0 Å². The smallest absolute Gasteiger partial charge is 0.0435 e. The van der Waals surface area contributed by atoms with Crippen LogP contribution in [0.2, 0.25) is 0 Å². The minimum absolute atomic E-state index is 0.459. The summed E-state index contributed by atoms with van der Waals surface area (Å²) in [5, 5.41) is 0. The fourth-order valence-electron chi connectivity index (χ4n) is 0.154. The quantitative estimate of drug-likeness (QED) is 0.511. The summed E-state index contributed by atoms with van der Waals surface area (Å²) < 4.78 is 6.79. The van der Waals surface area contributed by atoms with Crippen LogP contribution in [-0.4, -0.2) is 11.7 Å². The van der Waals surface area contributed by atoms with Gasteiger partial charge in [0.1, 0.15) is 0 Å². The summed E-state index contributed by atoms with van der Waals surface area (Å²) in [6.07, 6.45) is 1.55. The first-order valence-electron chi connectivity index (χ1n) is 2.47. The molecule has 0 radical (unpaired) electrons. The van der Waals surface area contributed by atoms with Gasteiger partial charge in [-0.05, 0) is 12.8 Å². The van der Waals surface area contributed by atoms with E-state index in [1.807, 2.05) is 0 Å². The van der Waals surface area contributed by atoms with Crippen molar-refractivity contribution in [2.45, 2.75) is 12.8 Å². The van der Waals surface area contributed by atoms with Gasteiger partial charge in [-0.3, -0.25) is 0 Å². The maximum atomic E-state index is 6.79. The molecule has 0 saturated heterocycles. The molecule has 0 aliphatic carbocycles. The Hall–Kier alpha value is 0.580. The molecule has 1 unspecified atom stereocenters. The number of alkyl halides is 2. The van der Waals surface area contributed by atoms with Gasteiger partial charge in [0, 0.05) is 13.1 Å². The second-order valence-corrected chi connectivity index (χ2v) is 1.67. The normalized spacial score (nSPS) is 16.7. The van der Waals surface area contributed by atoms with Gasteiger partial charge in [-0.15, -0.1) is 23.2 Å². The van der Waals surface area contributed by atoms with Crippen LogP contribution in [0.3, 0.4) is 0 Å². The molecule has 0 heterocycles. The van der Waals surface area contributed by atoms with Crippen molar-refractivity contribution in [1.82, 2.24) is 0 Å². The predicted octanol–water partition coefficient (Wildman–Crippen LogP) is 2.24. The van der Waals surface area contributed by atoms with Gasteiger partial charge in [0.05, 0.1) is 0 Å². The van der Waals surface area contributed by atoms with E-state index < -0.39 is 5.86 Å². The van der Waals surface area contributed by atoms with Gasteiger partial charge in [0.25, 0.3) is 0 Å². The molecule has 0 amide bonds. The molecule has 0 saturated carbocycles. The molecular weight excluding hydrogens is 119 g/mol. The summed E-state index contributed by atoms with van der Waals surface area (Å²) in [7, 11) is 0. The largest absolute Gasteiger partial charge is 0.127 e. The summed E-state index contributed by atoms with van der Waals surface area (Å²) in [5.41, 5.74) is 0. The van der Waals surface area contributed by atoms with E-state index in [0.29, 0.717) is 12.3 Å². The van der Waals surface area contributed by atoms with E-state index in [4.69, 9.17) is 24.6 Å². The first-order valence-corrected chi connectivity index (χ1v) is 2.86. The van der Waals surface area contributed by atoms with E-state index in [2.05, 4.69) is 0 Å². The van der Waals surface area contributed by atoms with E-state index in [1.54, 1.807) is 0 Å². The van der Waals surface area contributed by atoms with E-state index in [0.717, 1.165) is 6.42 Å². The van der Waals surface area contributed by atoms with Gasteiger partial charge in [-0.2, -0.15) is 0 Å². The average Bonchev–Trinajstić information content (AvgIpc) is 1.61. The van der Waals surface area contributed by atoms with Gasteiger partial charge >= 0.3 is 0 Å². The maximum absolute atomic E-state index is 6.79. The Morgan fingerprint density at radius 2 is 2.00 bits per heavy atom. The third-order valence-corrected chi connectivity index (χ3v) is 0.932. The number of rotatable bonds is 3. The Balaban J connectivity index is 2.68. The van der Waals surface area contributed by atoms with Crippen molar-refractivity contribution in [3.05, 3.63) is 0 Å². The molecule has 0 spiro atoms. The highest BCUT2D eigenvalue weighted by molar-refractivity contribution is 6.18. The molecule has 0 aliphatic rings. The Bertz CT molecular complexity index is 38.7. The number of hydrogen-bond acceptors (Lipinski definition) is 0. The zero-order chi connectivity index (χ0) is 5.70. The first-order chi connectivity index (χ1) is 3.27. The van der Waals surface area contributed by atoms with Crippen LogP contribution >= 0.6 is 23.2 Å². The predicted molar refractivity (Wildman–Crippen MR) is 30.7 cm³/mol. The molecule has 0 N–H and O–H groups in total. The van der Waals surface area contributed by atoms with Crippen LogP contribution in [-0.2, 0) is 0 Å². The fraction of sp³-hybridized carbons (Fsp3) is 1.00. The minimum atomic E-state index is -0.459. The molecular formula is C4H8Cl2. The van der Waals surface area contributed by atoms with Crippen LogP contribution in [0.5, 0.6) is 0 Å². The van der Waals surface area contributed by atoms with Crippen molar-refractivity contribution in [2.24, 2.45) is 0 Å². The lowest BCUT2D eigenvalue weighted by Crippen LogP contribution is -1.74. The van der Waals surface area contributed by atoms with E-state index in [1.165, 1.54) is 0 Å². The first kappa shape index (κ1) is 4.73. The monoisotopic (exact) mass is 127 g/mol. The zero-order valence-corrected chi connectivity index (χ0v) is 4.97. The molecule has 1 atom stereocenters. The Morgan fingerprint density at radius 1 is 1.33 bits per heavy atom. The molecule has 2 heteroatoms. The summed E-state index contributed by atoms with van der Waals surface area (Å²) in [6.45, 7) is 0. The minimum Gasteiger partial charge on any atom is -0.127 e. The molecule has 0 bridgehead atoms. The summed E-state index contributed by atoms with van der Waals surface area (Å²) in [6, 6.07) is 0. The third-order valence-electron chi connectivity index (χ3n) is 0.447. The Labute approximate surface area is 49.8 Å². The van der Waals surface area contributed by atoms with E-state index >= 15 is 0 Å². The van der Waals surface area contributed by atoms with Gasteiger partial charge in [-0.25, -0.2) is 0 Å². The highest BCUT2D eigenvalue weighted by Gasteiger charge is 1.78. The third kappa shape index (κ3) is 4.58. The number of halogens is 2. The van der Waals surface area contributed by atoms with Crippen molar-refractivity contribution >= 4 is 23.2 Å². The second kappa shape index (κ2) is 5.58. The van der Waals surface area contributed by atoms with Crippen LogP contribution < -0.4 is 0 Å². The molecule has 0 aromatic carbocycles. The van der Waals surface area contributed by atoms with Crippen molar-refractivity contribution < 1.29 is 1.37 Å². The highest BCUT2D eigenvalue weighted by atomic mass is 35.5. The average molecular weight is 128 g/mol. The van der Waals surface area contributed by atoms with Crippen molar-refractivity contribution in [2.75, 3.05) is 11.7 Å². The molecule has 6 heavy (non-hydrogen) atoms. The molecule has 0 fully saturated rings. The van der Waals surface area contributed by atoms with Crippen LogP contribution in [0, 0.1) is 0 Å². The molecule has 0 nitrogen and oxygen atoms in total. The van der Waals surface area contributed by atoms with Crippen LogP contribution in [0.25, 0.3) is 0 Å². The SMILES string of the molecule is [2H]C(Cl)CCCCl. The van der Waals surface area contributed by atoms with Crippen molar-refractivity contribution in [3.8, 4) is 0 Å². The molecule has 38 valence electrons. The number of hydrogen-bond donors (Lipinski definition) is 0. The van der Waals surface area contributed by atoms with Gasteiger partial charge in [0.15, 0.2) is 0 Å². The standard InChI is InChI=1S/C4H8Cl2/c5-3-1-2-4-6/h1-4H2/i3D. The van der Waals surface area contributed by atoms with E-state index in [-0.39, 0.29) is 0 Å². The lowest BCUT2D eigenvalue weighted by molar-refractivity contribution is 0.899.